The minimum atomic E-state index is 0.230. The molecular formula is C42H27BNO2. The Hall–Kier alpha value is -6.00. The second-order valence-electron chi connectivity index (χ2n) is 11.7. The summed E-state index contributed by atoms with van der Waals surface area (Å²) >= 11 is 0. The molecule has 0 amide bonds. The molecule has 9 rings (SSSR count). The van der Waals surface area contributed by atoms with Crippen LogP contribution in [0.15, 0.2) is 158 Å². The largest absolute Gasteiger partial charge is 0.507 e. The molecule has 0 aliphatic carbocycles. The van der Waals surface area contributed by atoms with E-state index in [-0.39, 0.29) is 5.75 Å². The zero-order valence-corrected chi connectivity index (χ0v) is 24.9. The molecule has 0 saturated heterocycles. The zero-order valence-electron chi connectivity index (χ0n) is 24.9. The van der Waals surface area contributed by atoms with E-state index in [0.29, 0.717) is 0 Å². The van der Waals surface area contributed by atoms with Crippen LogP contribution in [-0.4, -0.2) is 17.0 Å². The van der Waals surface area contributed by atoms with Crippen LogP contribution >= 0.6 is 0 Å². The lowest BCUT2D eigenvalue weighted by Crippen LogP contribution is -2.35. The molecule has 0 fully saturated rings. The first-order chi connectivity index (χ1) is 22.7. The Kier molecular flexibility index (Phi) is 6.07. The fraction of sp³-hybridized carbons (Fsp3) is 0. The fourth-order valence-electron chi connectivity index (χ4n) is 6.81. The molecule has 1 N–H and O–H groups in total. The van der Waals surface area contributed by atoms with Gasteiger partial charge in [-0.25, -0.2) is 0 Å². The summed E-state index contributed by atoms with van der Waals surface area (Å²) in [4.78, 5) is 0. The number of nitrogens with zero attached hydrogens (tertiary/aromatic N) is 1. The third-order valence-corrected chi connectivity index (χ3v) is 9.01. The van der Waals surface area contributed by atoms with E-state index in [9.17, 15) is 5.11 Å². The molecule has 0 saturated carbocycles. The van der Waals surface area contributed by atoms with Crippen LogP contribution in [-0.2, 0) is 0 Å². The highest BCUT2D eigenvalue weighted by Crippen LogP contribution is 2.38. The van der Waals surface area contributed by atoms with Crippen LogP contribution in [0.4, 0.5) is 0 Å². The number of ether oxygens (including phenoxy) is 1. The van der Waals surface area contributed by atoms with Crippen LogP contribution in [0.1, 0.15) is 0 Å². The summed E-state index contributed by atoms with van der Waals surface area (Å²) in [7, 11) is 2.17. The predicted molar refractivity (Wildman–Crippen MR) is 190 cm³/mol. The summed E-state index contributed by atoms with van der Waals surface area (Å²) < 4.78 is 8.73. The van der Waals surface area contributed by atoms with Crippen molar-refractivity contribution in [2.75, 3.05) is 0 Å². The van der Waals surface area contributed by atoms with E-state index >= 15 is 0 Å². The van der Waals surface area contributed by atoms with E-state index in [2.05, 4.69) is 133 Å². The molecular weight excluding hydrogens is 561 g/mol. The van der Waals surface area contributed by atoms with Gasteiger partial charge in [0.05, 0.1) is 11.0 Å². The van der Waals surface area contributed by atoms with Crippen molar-refractivity contribution in [3.8, 4) is 56.3 Å². The average Bonchev–Trinajstić information content (AvgIpc) is 3.45. The minimum absolute atomic E-state index is 0.230. The molecule has 0 atom stereocenters. The van der Waals surface area contributed by atoms with Crippen molar-refractivity contribution in [3.63, 3.8) is 0 Å². The Balaban J connectivity index is 1.13. The number of fused-ring (bicyclic) bond motifs is 5. The molecule has 0 spiro atoms. The van der Waals surface area contributed by atoms with Crippen molar-refractivity contribution >= 4 is 40.0 Å². The molecule has 46 heavy (non-hydrogen) atoms. The Morgan fingerprint density at radius 2 is 1.13 bits per heavy atom. The zero-order chi connectivity index (χ0) is 30.6. The van der Waals surface area contributed by atoms with Gasteiger partial charge in [-0.3, -0.25) is 0 Å². The summed E-state index contributed by atoms with van der Waals surface area (Å²) in [6.45, 7) is 0. The third-order valence-electron chi connectivity index (χ3n) is 9.01. The Morgan fingerprint density at radius 3 is 1.93 bits per heavy atom. The minimum Gasteiger partial charge on any atom is -0.507 e. The van der Waals surface area contributed by atoms with Crippen molar-refractivity contribution in [2.45, 2.75) is 0 Å². The third kappa shape index (κ3) is 4.30. The van der Waals surface area contributed by atoms with Crippen LogP contribution in [0, 0.1) is 0 Å². The van der Waals surface area contributed by atoms with Crippen molar-refractivity contribution in [3.05, 3.63) is 158 Å². The van der Waals surface area contributed by atoms with Crippen molar-refractivity contribution in [2.24, 2.45) is 0 Å². The van der Waals surface area contributed by atoms with Gasteiger partial charge in [-0.1, -0.05) is 109 Å². The normalized spacial score (nSPS) is 11.9. The number of aromatic nitrogens is 1. The van der Waals surface area contributed by atoms with Crippen LogP contribution in [0.3, 0.4) is 0 Å². The van der Waals surface area contributed by atoms with Gasteiger partial charge in [0.15, 0.2) is 0 Å². The van der Waals surface area contributed by atoms with Crippen molar-refractivity contribution in [1.29, 1.82) is 0 Å². The number of phenolic OH excluding ortho intramolecular Hbond substituents is 1. The summed E-state index contributed by atoms with van der Waals surface area (Å²) in [5, 5.41) is 13.7. The monoisotopic (exact) mass is 588 g/mol. The average molecular weight is 588 g/mol. The van der Waals surface area contributed by atoms with E-state index in [1.807, 2.05) is 30.3 Å². The molecule has 3 nitrogen and oxygen atoms in total. The summed E-state index contributed by atoms with van der Waals surface area (Å²) in [5.41, 5.74) is 11.5. The molecule has 1 aliphatic rings. The highest BCUT2D eigenvalue weighted by atomic mass is 16.5. The Morgan fingerprint density at radius 1 is 0.478 bits per heavy atom. The van der Waals surface area contributed by atoms with Gasteiger partial charge in [-0.15, -0.1) is 0 Å². The van der Waals surface area contributed by atoms with Gasteiger partial charge >= 0.3 is 0 Å². The standard InChI is InChI=1S/C42H27BNO2/c45-39-22-20-29(28-12-8-13-31(24-28)44-37-17-6-4-14-32(37)33-15-5-7-18-38(33)44)25-35(39)34-16-9-19-41-42(34)43-36-26-30(21-23-40(36)46-41)27-10-2-1-3-11-27/h1-26,45H. The van der Waals surface area contributed by atoms with Gasteiger partial charge in [0.25, 0.3) is 0 Å². The maximum atomic E-state index is 11.2. The van der Waals surface area contributed by atoms with E-state index in [1.165, 1.54) is 21.8 Å². The number of para-hydroxylation sites is 2. The summed E-state index contributed by atoms with van der Waals surface area (Å²) in [6, 6.07) is 54.3. The second kappa shape index (κ2) is 10.6. The molecule has 8 aromatic rings. The molecule has 2 heterocycles. The second-order valence-corrected chi connectivity index (χ2v) is 11.7. The topological polar surface area (TPSA) is 34.4 Å². The number of aromatic hydroxyl groups is 1. The first-order valence-corrected chi connectivity index (χ1v) is 15.5. The van der Waals surface area contributed by atoms with Crippen LogP contribution in [0.2, 0.25) is 0 Å². The highest BCUT2D eigenvalue weighted by Gasteiger charge is 2.23. The Bertz CT molecular complexity index is 2390. The predicted octanol–water partition coefficient (Wildman–Crippen LogP) is 9.25. The van der Waals surface area contributed by atoms with E-state index in [1.54, 1.807) is 6.07 Å². The quantitative estimate of drug-likeness (QED) is 0.208. The van der Waals surface area contributed by atoms with Crippen LogP contribution in [0.25, 0.3) is 60.9 Å². The van der Waals surface area contributed by atoms with Gasteiger partial charge in [0, 0.05) is 22.0 Å². The number of hydrogen-bond donors (Lipinski definition) is 1. The smallest absolute Gasteiger partial charge is 0.202 e. The summed E-state index contributed by atoms with van der Waals surface area (Å²) in [6.07, 6.45) is 0. The van der Waals surface area contributed by atoms with Gasteiger partial charge in [-0.05, 0) is 87.3 Å². The molecule has 0 unspecified atom stereocenters. The van der Waals surface area contributed by atoms with Crippen molar-refractivity contribution in [1.82, 2.24) is 4.57 Å². The molecule has 1 aromatic heterocycles. The van der Waals surface area contributed by atoms with Gasteiger partial charge in [0.1, 0.15) is 17.2 Å². The number of rotatable bonds is 4. The molecule has 215 valence electrons. The van der Waals surface area contributed by atoms with Gasteiger partial charge in [0.2, 0.25) is 7.28 Å². The maximum Gasteiger partial charge on any atom is 0.202 e. The van der Waals surface area contributed by atoms with Crippen LogP contribution < -0.4 is 15.7 Å². The first-order valence-electron chi connectivity index (χ1n) is 15.5. The lowest BCUT2D eigenvalue weighted by atomic mass is 9.59. The Labute approximate surface area is 267 Å². The fourth-order valence-corrected chi connectivity index (χ4v) is 6.81. The lowest BCUT2D eigenvalue weighted by molar-refractivity contribution is 0.477. The van der Waals surface area contributed by atoms with Gasteiger partial charge < -0.3 is 14.4 Å². The van der Waals surface area contributed by atoms with E-state index in [4.69, 9.17) is 4.74 Å². The first kappa shape index (κ1) is 26.4. The summed E-state index contributed by atoms with van der Waals surface area (Å²) in [5.74, 6) is 1.83. The number of hydrogen-bond acceptors (Lipinski definition) is 2. The van der Waals surface area contributed by atoms with Crippen LogP contribution in [0.5, 0.6) is 17.2 Å². The molecule has 7 aromatic carbocycles. The molecule has 0 bridgehead atoms. The molecule has 1 radical (unpaired) electrons. The van der Waals surface area contributed by atoms with E-state index in [0.717, 1.165) is 61.5 Å². The number of benzene rings is 7. The van der Waals surface area contributed by atoms with Crippen molar-refractivity contribution < 1.29 is 9.84 Å². The maximum absolute atomic E-state index is 11.2. The molecule has 4 heteroatoms. The highest BCUT2D eigenvalue weighted by molar-refractivity contribution is 6.71. The number of phenols is 1. The SMILES string of the molecule is Oc1ccc(-c2cccc(-n3c4ccccc4c4ccccc43)c2)cc1-c1cccc2c1[B]c1cc(-c3ccccc3)ccc1O2. The van der Waals surface area contributed by atoms with Gasteiger partial charge in [-0.2, -0.15) is 0 Å². The van der Waals surface area contributed by atoms with E-state index < -0.39 is 0 Å². The lowest BCUT2D eigenvalue weighted by Gasteiger charge is -2.23. The molecule has 1 aliphatic heterocycles.